The van der Waals surface area contributed by atoms with Crippen molar-refractivity contribution in [3.8, 4) is 0 Å². The summed E-state index contributed by atoms with van der Waals surface area (Å²) in [5.74, 6) is -5.08. The van der Waals surface area contributed by atoms with Gasteiger partial charge < -0.3 is 112 Å². The molecule has 0 unspecified atom stereocenters. The molecule has 0 aromatic rings. The molecule has 500 valence electrons. The van der Waals surface area contributed by atoms with Crippen LogP contribution in [0.2, 0.25) is 0 Å². The molecule has 1 saturated heterocycles. The van der Waals surface area contributed by atoms with Crippen LogP contribution in [0, 0.1) is 41.4 Å². The van der Waals surface area contributed by atoms with Gasteiger partial charge in [-0.05, 0) is 83.1 Å². The van der Waals surface area contributed by atoms with Crippen LogP contribution < -0.4 is 11.5 Å². The van der Waals surface area contributed by atoms with Gasteiger partial charge in [-0.2, -0.15) is 0 Å². The molecule has 0 aromatic heterocycles. The molecule has 0 saturated carbocycles. The number of hydrogen-bond acceptors (Lipinski definition) is 22. The van der Waals surface area contributed by atoms with Gasteiger partial charge in [-0.3, -0.25) is 4.99 Å². The van der Waals surface area contributed by atoms with Crippen LogP contribution in [0.3, 0.4) is 0 Å². The summed E-state index contributed by atoms with van der Waals surface area (Å²) in [6.45, 7) is 14.3. The van der Waals surface area contributed by atoms with Gasteiger partial charge in [0.2, 0.25) is 0 Å². The maximum absolute atomic E-state index is 13.5. The molecule has 21 N–H and O–H groups in total. The SMILES string of the molecule is CC1=CCC[C@H](C)[C@@H](O)[C@@H](C)[C@@H](O)CCC=C[C@H](C)[C@@H](O)C=C[C@H](C)[C@@H](O)C(C)=C[C@H](O[C@H]2O[C@H](CO)[C@@H](O)[C@H](O)[C@@H]2O)[C@H](O)C[C@@H](O)C[C@H](O)C[C@H](O)[C@H](C)[C@@H](O)[C@@H](C)[C@H](O)C[C@@H](O)C[C@H](O)C=CC[C@@H]([C@H](C)[C@H](O)CCCN=C(N)N)OC1=O. The molecule has 27 atom stereocenters. The van der Waals surface area contributed by atoms with Crippen LogP contribution in [0.15, 0.2) is 64.7 Å². The fraction of sp³-hybridized carbons (Fsp3) is 0.806. The average Bonchev–Trinajstić information content (AvgIpc) is 3.36. The molecule has 24 heteroatoms. The van der Waals surface area contributed by atoms with Gasteiger partial charge >= 0.3 is 5.97 Å². The molecule has 24 nitrogen and oxygen atoms in total. The molecule has 0 aromatic carbocycles. The summed E-state index contributed by atoms with van der Waals surface area (Å²) in [5, 5.41) is 187. The molecule has 86 heavy (non-hydrogen) atoms. The van der Waals surface area contributed by atoms with Gasteiger partial charge in [0, 0.05) is 66.9 Å². The number of guanidine groups is 1. The Labute approximate surface area is 508 Å². The standard InChI is InChI=1S/C62H111N3O21/c1-32-15-10-11-19-47(73)38(7)55(78)33(2)16-12-17-35(4)60(83)84-51(37(6)46(72)20-14-24-65-62(63)64)21-13-18-41(67)26-42(68)28-48(74)39(8)56(79)40(9)49(75)29-43(69)27-44(70)30-50(76)52(25-36(5)54(77)34(3)22-23-45(32)71)85-61-59(82)58(81)57(80)53(31-66)86-61/h10,13,15,17-18,22-23,25,32-34,37-59,61,66-82H,11-12,14,16,19-21,24,26-31H2,1-9H3,(H4,63,64,65)/t32-,33-,34-,37+,38-,39-,40-,41+,42-,43-,44-,45-,46+,47-,48+,49-,50+,51-,52-,53+,54+,55+,56-,57+,58-,59-,61-/m0/s1. The molecule has 0 radical (unpaired) electrons. The number of nitrogens with zero attached hydrogens (tertiary/aromatic N) is 1. The number of cyclic esters (lactones) is 1. The lowest BCUT2D eigenvalue weighted by atomic mass is 9.82. The fourth-order valence-electron chi connectivity index (χ4n) is 10.7. The molecule has 2 aliphatic rings. The summed E-state index contributed by atoms with van der Waals surface area (Å²) in [6, 6.07) is 0. The van der Waals surface area contributed by atoms with Gasteiger partial charge in [-0.25, -0.2) is 4.79 Å². The van der Waals surface area contributed by atoms with E-state index in [9.17, 15) is 91.6 Å². The maximum Gasteiger partial charge on any atom is 0.333 e. The molecule has 0 amide bonds. The second kappa shape index (κ2) is 39.7. The number of allylic oxidation sites excluding steroid dienone is 2. The molecule has 0 bridgehead atoms. The Morgan fingerprint density at radius 2 is 1.24 bits per heavy atom. The van der Waals surface area contributed by atoms with Crippen molar-refractivity contribution in [2.45, 2.75) is 262 Å². The third-order valence-corrected chi connectivity index (χ3v) is 17.3. The minimum absolute atomic E-state index is 0.0594. The van der Waals surface area contributed by atoms with E-state index >= 15 is 0 Å². The van der Waals surface area contributed by atoms with Crippen LogP contribution >= 0.6 is 0 Å². The predicted octanol–water partition coefficient (Wildman–Crippen LogP) is -0.243. The van der Waals surface area contributed by atoms with Crippen LogP contribution in [0.4, 0.5) is 0 Å². The average molecular weight is 1230 g/mol. The van der Waals surface area contributed by atoms with Crippen molar-refractivity contribution < 1.29 is 106 Å². The number of carbonyl (C=O) groups excluding carboxylic acids is 1. The number of rotatable bonds is 9. The van der Waals surface area contributed by atoms with Crippen LogP contribution in [0.5, 0.6) is 0 Å². The van der Waals surface area contributed by atoms with E-state index in [1.54, 1.807) is 58.9 Å². The Morgan fingerprint density at radius 3 is 1.84 bits per heavy atom. The Kier molecular flexibility index (Phi) is 36.4. The number of carbonyl (C=O) groups is 1. The summed E-state index contributed by atoms with van der Waals surface area (Å²) in [4.78, 5) is 17.5. The van der Waals surface area contributed by atoms with E-state index in [1.165, 1.54) is 39.0 Å². The van der Waals surface area contributed by atoms with E-state index in [0.717, 1.165) is 0 Å². The minimum Gasteiger partial charge on any atom is -0.458 e. The third-order valence-electron chi connectivity index (χ3n) is 17.3. The molecule has 1 fully saturated rings. The highest BCUT2D eigenvalue weighted by molar-refractivity contribution is 5.87. The zero-order valence-electron chi connectivity index (χ0n) is 51.9. The lowest BCUT2D eigenvalue weighted by Gasteiger charge is -2.41. The highest BCUT2D eigenvalue weighted by atomic mass is 16.7. The fourth-order valence-corrected chi connectivity index (χ4v) is 10.7. The van der Waals surface area contributed by atoms with Crippen LogP contribution in [0.25, 0.3) is 0 Å². The quantitative estimate of drug-likeness (QED) is 0.0466. The van der Waals surface area contributed by atoms with Crippen molar-refractivity contribution >= 4 is 11.9 Å². The third kappa shape index (κ3) is 27.0. The second-order valence-corrected chi connectivity index (χ2v) is 24.7. The van der Waals surface area contributed by atoms with Crippen molar-refractivity contribution in [2.24, 2.45) is 57.9 Å². The number of nitrogens with two attached hydrogens (primary N) is 2. The summed E-state index contributed by atoms with van der Waals surface area (Å²) in [7, 11) is 0. The number of hydrogen-bond donors (Lipinski definition) is 19. The summed E-state index contributed by atoms with van der Waals surface area (Å²) in [5.41, 5.74) is 11.4. The van der Waals surface area contributed by atoms with Gasteiger partial charge in [-0.1, -0.05) is 97.1 Å². The van der Waals surface area contributed by atoms with Gasteiger partial charge in [0.05, 0.1) is 86.0 Å². The first-order valence-electron chi connectivity index (χ1n) is 30.7. The predicted molar refractivity (Wildman–Crippen MR) is 322 cm³/mol. The van der Waals surface area contributed by atoms with Gasteiger partial charge in [0.1, 0.15) is 36.6 Å². The van der Waals surface area contributed by atoms with E-state index in [4.69, 9.17) is 25.7 Å². The van der Waals surface area contributed by atoms with E-state index < -0.39 is 183 Å². The first-order valence-corrected chi connectivity index (χ1v) is 30.7. The summed E-state index contributed by atoms with van der Waals surface area (Å²) in [6.07, 6.45) is -13.9. The normalized spacial score (nSPS) is 40.6. The van der Waals surface area contributed by atoms with Crippen LogP contribution in [-0.2, 0) is 19.0 Å². The number of aliphatic hydroxyl groups is 17. The molecule has 2 rings (SSSR count). The first-order chi connectivity index (χ1) is 40.2. The van der Waals surface area contributed by atoms with E-state index in [1.807, 2.05) is 13.0 Å². The van der Waals surface area contributed by atoms with E-state index in [2.05, 4.69) is 4.99 Å². The highest BCUT2D eigenvalue weighted by Crippen LogP contribution is 2.30. The van der Waals surface area contributed by atoms with Gasteiger partial charge in [0.15, 0.2) is 12.2 Å². The van der Waals surface area contributed by atoms with Gasteiger partial charge in [0.25, 0.3) is 0 Å². The van der Waals surface area contributed by atoms with Gasteiger partial charge in [-0.15, -0.1) is 0 Å². The van der Waals surface area contributed by atoms with Crippen LogP contribution in [-0.4, -0.2) is 234 Å². The number of ether oxygens (including phenoxy) is 3. The van der Waals surface area contributed by atoms with E-state index in [-0.39, 0.29) is 61.7 Å². The first kappa shape index (κ1) is 78.8. The monoisotopic (exact) mass is 1230 g/mol. The zero-order chi connectivity index (χ0) is 65.3. The second-order valence-electron chi connectivity index (χ2n) is 24.7. The smallest absolute Gasteiger partial charge is 0.333 e. The summed E-state index contributed by atoms with van der Waals surface area (Å²) >= 11 is 0. The Balaban J connectivity index is 2.45. The number of esters is 1. The Hall–Kier alpha value is -3.32. The Bertz CT molecular complexity index is 2090. The zero-order valence-corrected chi connectivity index (χ0v) is 51.9. The minimum atomic E-state index is -1.88. The lowest BCUT2D eigenvalue weighted by Crippen LogP contribution is -2.60. The molecule has 2 aliphatic heterocycles. The summed E-state index contributed by atoms with van der Waals surface area (Å²) < 4.78 is 17.4. The van der Waals surface area contributed by atoms with Crippen LogP contribution in [0.1, 0.15) is 139 Å². The molecule has 0 spiro atoms. The molecule has 2 heterocycles. The maximum atomic E-state index is 13.5. The van der Waals surface area contributed by atoms with Crippen molar-refractivity contribution in [3.63, 3.8) is 0 Å². The molecular formula is C62H111N3O21. The highest BCUT2D eigenvalue weighted by Gasteiger charge is 2.46. The van der Waals surface area contributed by atoms with Crippen molar-refractivity contribution in [2.75, 3.05) is 13.2 Å². The topological polar surface area (TPSA) is 453 Å². The molecule has 0 aliphatic carbocycles. The largest absolute Gasteiger partial charge is 0.458 e. The van der Waals surface area contributed by atoms with E-state index in [0.29, 0.717) is 32.1 Å². The Morgan fingerprint density at radius 1 is 0.663 bits per heavy atom. The molecular weight excluding hydrogens is 1120 g/mol. The number of aliphatic hydroxyl groups excluding tert-OH is 17. The van der Waals surface area contributed by atoms with Crippen molar-refractivity contribution in [1.29, 1.82) is 0 Å². The lowest BCUT2D eigenvalue weighted by molar-refractivity contribution is -0.313. The number of aliphatic imine (C=N–C) groups is 1. The van der Waals surface area contributed by atoms with Crippen molar-refractivity contribution in [1.82, 2.24) is 0 Å². The van der Waals surface area contributed by atoms with Crippen molar-refractivity contribution in [3.05, 3.63) is 59.8 Å².